The summed E-state index contributed by atoms with van der Waals surface area (Å²) in [7, 11) is 0. The van der Waals surface area contributed by atoms with Crippen molar-refractivity contribution in [2.24, 2.45) is 11.7 Å². The average Bonchev–Trinajstić information content (AvgIpc) is 3.22. The highest BCUT2D eigenvalue weighted by molar-refractivity contribution is 5.78. The van der Waals surface area contributed by atoms with Gasteiger partial charge in [-0.1, -0.05) is 13.3 Å². The number of hydrogen-bond donors (Lipinski definition) is 1. The maximum absolute atomic E-state index is 12.3. The van der Waals surface area contributed by atoms with E-state index in [1.807, 2.05) is 6.92 Å². The smallest absolute Gasteiger partial charge is 0.225 e. The van der Waals surface area contributed by atoms with E-state index in [2.05, 4.69) is 16.7 Å². The van der Waals surface area contributed by atoms with Crippen LogP contribution in [0.15, 0.2) is 0 Å². The molecule has 1 saturated carbocycles. The number of carbonyl (C=O) groups excluding carboxylic acids is 1. The Morgan fingerprint density at radius 1 is 1.16 bits per heavy atom. The fraction of sp³-hybridized carbons (Fsp3) is 0.933. The SMILES string of the molecule is CC(N)CCCC(C)C(=O)N1CCN(C2CC2)CC1. The molecule has 1 saturated heterocycles. The van der Waals surface area contributed by atoms with Gasteiger partial charge >= 0.3 is 0 Å². The molecule has 1 aliphatic carbocycles. The average molecular weight is 267 g/mol. The molecule has 0 bridgehead atoms. The summed E-state index contributed by atoms with van der Waals surface area (Å²) in [6, 6.07) is 1.09. The lowest BCUT2D eigenvalue weighted by Crippen LogP contribution is -2.50. The number of piperazine rings is 1. The number of nitrogens with zero attached hydrogens (tertiary/aromatic N) is 2. The molecule has 1 heterocycles. The summed E-state index contributed by atoms with van der Waals surface area (Å²) in [6.07, 6.45) is 5.78. The molecule has 0 aromatic carbocycles. The molecule has 2 atom stereocenters. The summed E-state index contributed by atoms with van der Waals surface area (Å²) in [6.45, 7) is 8.09. The summed E-state index contributed by atoms with van der Waals surface area (Å²) in [5.74, 6) is 0.506. The van der Waals surface area contributed by atoms with E-state index < -0.39 is 0 Å². The lowest BCUT2D eigenvalue weighted by atomic mass is 10.0. The largest absolute Gasteiger partial charge is 0.340 e. The summed E-state index contributed by atoms with van der Waals surface area (Å²) in [5.41, 5.74) is 5.75. The molecular formula is C15H29N3O. The zero-order valence-electron chi connectivity index (χ0n) is 12.5. The Morgan fingerprint density at radius 3 is 2.32 bits per heavy atom. The van der Waals surface area contributed by atoms with Crippen LogP contribution in [0.5, 0.6) is 0 Å². The summed E-state index contributed by atoms with van der Waals surface area (Å²) < 4.78 is 0. The van der Waals surface area contributed by atoms with Gasteiger partial charge in [-0.2, -0.15) is 0 Å². The quantitative estimate of drug-likeness (QED) is 0.792. The Morgan fingerprint density at radius 2 is 1.79 bits per heavy atom. The van der Waals surface area contributed by atoms with Crippen molar-refractivity contribution in [3.8, 4) is 0 Å². The van der Waals surface area contributed by atoms with Gasteiger partial charge in [0.15, 0.2) is 0 Å². The summed E-state index contributed by atoms with van der Waals surface area (Å²) >= 11 is 0. The van der Waals surface area contributed by atoms with Crippen LogP contribution in [0, 0.1) is 5.92 Å². The van der Waals surface area contributed by atoms with E-state index in [-0.39, 0.29) is 12.0 Å². The first-order valence-electron chi connectivity index (χ1n) is 7.86. The summed E-state index contributed by atoms with van der Waals surface area (Å²) in [5, 5.41) is 0. The van der Waals surface area contributed by atoms with Gasteiger partial charge < -0.3 is 10.6 Å². The number of rotatable bonds is 6. The second-order valence-corrected chi connectivity index (χ2v) is 6.40. The van der Waals surface area contributed by atoms with Gasteiger partial charge in [0, 0.05) is 44.2 Å². The fourth-order valence-electron chi connectivity index (χ4n) is 2.93. The topological polar surface area (TPSA) is 49.6 Å². The molecule has 2 N–H and O–H groups in total. The lowest BCUT2D eigenvalue weighted by molar-refractivity contribution is -0.137. The molecule has 2 aliphatic rings. The minimum Gasteiger partial charge on any atom is -0.340 e. The van der Waals surface area contributed by atoms with E-state index in [1.54, 1.807) is 0 Å². The van der Waals surface area contributed by atoms with Gasteiger partial charge in [-0.05, 0) is 32.6 Å². The predicted molar refractivity (Wildman–Crippen MR) is 77.8 cm³/mol. The van der Waals surface area contributed by atoms with E-state index >= 15 is 0 Å². The lowest BCUT2D eigenvalue weighted by Gasteiger charge is -2.36. The third-order valence-corrected chi connectivity index (χ3v) is 4.41. The van der Waals surface area contributed by atoms with Crippen LogP contribution in [-0.4, -0.2) is 54.0 Å². The minimum atomic E-state index is 0.159. The normalized spacial score (nSPS) is 24.3. The molecule has 2 fully saturated rings. The van der Waals surface area contributed by atoms with Gasteiger partial charge in [0.05, 0.1) is 0 Å². The molecule has 110 valence electrons. The molecule has 1 aliphatic heterocycles. The molecule has 4 heteroatoms. The Kier molecular flexibility index (Phi) is 5.22. The number of carbonyl (C=O) groups is 1. The molecule has 4 nitrogen and oxygen atoms in total. The van der Waals surface area contributed by atoms with Crippen molar-refractivity contribution in [2.75, 3.05) is 26.2 Å². The standard InChI is InChI=1S/C15H29N3O/c1-12(4-3-5-13(2)16)15(19)18-10-8-17(9-11-18)14-6-7-14/h12-14H,3-11,16H2,1-2H3. The molecule has 0 radical (unpaired) electrons. The monoisotopic (exact) mass is 267 g/mol. The molecule has 0 aromatic rings. The Bertz CT molecular complexity index is 294. The second kappa shape index (κ2) is 6.71. The Balaban J connectivity index is 1.67. The highest BCUT2D eigenvalue weighted by Crippen LogP contribution is 2.27. The zero-order chi connectivity index (χ0) is 13.8. The van der Waals surface area contributed by atoms with Crippen LogP contribution in [0.25, 0.3) is 0 Å². The first kappa shape index (κ1) is 14.8. The van der Waals surface area contributed by atoms with Crippen LogP contribution < -0.4 is 5.73 Å². The van der Waals surface area contributed by atoms with Gasteiger partial charge in [0.1, 0.15) is 0 Å². The van der Waals surface area contributed by atoms with Crippen LogP contribution in [0.4, 0.5) is 0 Å². The van der Waals surface area contributed by atoms with Gasteiger partial charge in [0.2, 0.25) is 5.91 Å². The fourth-order valence-corrected chi connectivity index (χ4v) is 2.93. The molecule has 0 aromatic heterocycles. The maximum atomic E-state index is 12.3. The van der Waals surface area contributed by atoms with Crippen LogP contribution in [0.1, 0.15) is 46.0 Å². The first-order chi connectivity index (χ1) is 9.08. The molecule has 1 amide bonds. The van der Waals surface area contributed by atoms with Crippen molar-refractivity contribution in [1.29, 1.82) is 0 Å². The van der Waals surface area contributed by atoms with Crippen molar-refractivity contribution >= 4 is 5.91 Å². The maximum Gasteiger partial charge on any atom is 0.225 e. The van der Waals surface area contributed by atoms with E-state index in [0.717, 1.165) is 51.5 Å². The number of hydrogen-bond acceptors (Lipinski definition) is 3. The van der Waals surface area contributed by atoms with Crippen molar-refractivity contribution in [3.05, 3.63) is 0 Å². The van der Waals surface area contributed by atoms with E-state index in [4.69, 9.17) is 5.73 Å². The van der Waals surface area contributed by atoms with Crippen molar-refractivity contribution in [2.45, 2.75) is 58.0 Å². The van der Waals surface area contributed by atoms with Gasteiger partial charge in [-0.3, -0.25) is 9.69 Å². The van der Waals surface area contributed by atoms with Crippen LogP contribution >= 0.6 is 0 Å². The van der Waals surface area contributed by atoms with Crippen molar-refractivity contribution < 1.29 is 4.79 Å². The van der Waals surface area contributed by atoms with Crippen LogP contribution in [-0.2, 0) is 4.79 Å². The molecule has 19 heavy (non-hydrogen) atoms. The van der Waals surface area contributed by atoms with Gasteiger partial charge in [-0.25, -0.2) is 0 Å². The van der Waals surface area contributed by atoms with E-state index in [1.165, 1.54) is 12.8 Å². The molecular weight excluding hydrogens is 238 g/mol. The zero-order valence-corrected chi connectivity index (χ0v) is 12.5. The van der Waals surface area contributed by atoms with E-state index in [0.29, 0.717) is 5.91 Å². The predicted octanol–water partition coefficient (Wildman–Crippen LogP) is 1.45. The first-order valence-corrected chi connectivity index (χ1v) is 7.86. The van der Waals surface area contributed by atoms with Gasteiger partial charge in [0.25, 0.3) is 0 Å². The van der Waals surface area contributed by atoms with E-state index in [9.17, 15) is 4.79 Å². The third kappa shape index (κ3) is 4.46. The van der Waals surface area contributed by atoms with Gasteiger partial charge in [-0.15, -0.1) is 0 Å². The van der Waals surface area contributed by atoms with Crippen molar-refractivity contribution in [3.63, 3.8) is 0 Å². The molecule has 2 unspecified atom stereocenters. The minimum absolute atomic E-state index is 0.159. The Hall–Kier alpha value is -0.610. The third-order valence-electron chi connectivity index (χ3n) is 4.41. The number of amides is 1. The summed E-state index contributed by atoms with van der Waals surface area (Å²) in [4.78, 5) is 17.0. The molecule has 0 spiro atoms. The van der Waals surface area contributed by atoms with Crippen molar-refractivity contribution in [1.82, 2.24) is 9.80 Å². The van der Waals surface area contributed by atoms with Crippen LogP contribution in [0.2, 0.25) is 0 Å². The second-order valence-electron chi connectivity index (χ2n) is 6.40. The highest BCUT2D eigenvalue weighted by Gasteiger charge is 2.32. The number of nitrogens with two attached hydrogens (primary N) is 1. The Labute approximate surface area is 117 Å². The molecule has 2 rings (SSSR count). The van der Waals surface area contributed by atoms with Crippen LogP contribution in [0.3, 0.4) is 0 Å². The highest BCUT2D eigenvalue weighted by atomic mass is 16.2.